The van der Waals surface area contributed by atoms with Gasteiger partial charge in [-0.25, -0.2) is 4.98 Å². The highest BCUT2D eigenvalue weighted by Crippen LogP contribution is 2.11. The number of anilines is 1. The van der Waals surface area contributed by atoms with Crippen molar-refractivity contribution in [3.63, 3.8) is 0 Å². The molecule has 0 saturated carbocycles. The molecule has 4 nitrogen and oxygen atoms in total. The van der Waals surface area contributed by atoms with Gasteiger partial charge in [0.15, 0.2) is 0 Å². The quantitative estimate of drug-likeness (QED) is 0.857. The van der Waals surface area contributed by atoms with Gasteiger partial charge in [0.25, 0.3) is 5.91 Å². The molecule has 2 rings (SSSR count). The van der Waals surface area contributed by atoms with E-state index in [0.29, 0.717) is 11.4 Å². The summed E-state index contributed by atoms with van der Waals surface area (Å²) in [5.74, 6) is 0.512. The Morgan fingerprint density at radius 3 is 2.67 bits per heavy atom. The van der Waals surface area contributed by atoms with Crippen LogP contribution in [0.25, 0.3) is 0 Å². The molecule has 1 atom stereocenters. The molecule has 0 radical (unpaired) electrons. The number of aromatic nitrogens is 1. The lowest BCUT2D eigenvalue weighted by molar-refractivity contribution is 0.0939. The predicted octanol–water partition coefficient (Wildman–Crippen LogP) is 2.87. The molecule has 1 unspecified atom stereocenters. The van der Waals surface area contributed by atoms with E-state index in [2.05, 4.69) is 27.8 Å². The van der Waals surface area contributed by atoms with Crippen molar-refractivity contribution in [2.45, 2.75) is 25.8 Å². The third-order valence-corrected chi connectivity index (χ3v) is 3.38. The van der Waals surface area contributed by atoms with Crippen molar-refractivity contribution in [3.05, 3.63) is 59.8 Å². The van der Waals surface area contributed by atoms with Crippen LogP contribution in [0.3, 0.4) is 0 Å². The fraction of sp³-hybridized carbons (Fsp3) is 0.294. The van der Waals surface area contributed by atoms with Crippen molar-refractivity contribution in [1.29, 1.82) is 0 Å². The molecule has 1 heterocycles. The maximum atomic E-state index is 12.3. The molecule has 0 aliphatic rings. The predicted molar refractivity (Wildman–Crippen MR) is 85.5 cm³/mol. The van der Waals surface area contributed by atoms with E-state index in [0.717, 1.165) is 12.8 Å². The maximum Gasteiger partial charge on any atom is 0.255 e. The first-order valence-electron chi connectivity index (χ1n) is 7.18. The molecule has 4 heteroatoms. The van der Waals surface area contributed by atoms with E-state index in [4.69, 9.17) is 0 Å². The van der Waals surface area contributed by atoms with Gasteiger partial charge in [0.05, 0.1) is 5.56 Å². The van der Waals surface area contributed by atoms with Gasteiger partial charge in [-0.2, -0.15) is 0 Å². The van der Waals surface area contributed by atoms with Gasteiger partial charge in [-0.05, 0) is 37.5 Å². The Kier molecular flexibility index (Phi) is 5.32. The number of amides is 1. The molecular weight excluding hydrogens is 262 g/mol. The highest BCUT2D eigenvalue weighted by atomic mass is 16.1. The molecule has 1 amide bonds. The summed E-state index contributed by atoms with van der Waals surface area (Å²) in [5.41, 5.74) is 1.86. The molecular formula is C17H21N3O. The van der Waals surface area contributed by atoms with Crippen LogP contribution >= 0.6 is 0 Å². The summed E-state index contributed by atoms with van der Waals surface area (Å²) in [6, 6.07) is 14.0. The number of pyridine rings is 1. The van der Waals surface area contributed by atoms with Crippen molar-refractivity contribution < 1.29 is 4.79 Å². The van der Waals surface area contributed by atoms with Crippen molar-refractivity contribution in [1.82, 2.24) is 10.3 Å². The lowest BCUT2D eigenvalue weighted by atomic mass is 10.1. The first kappa shape index (κ1) is 15.0. The molecule has 21 heavy (non-hydrogen) atoms. The Morgan fingerprint density at radius 2 is 1.95 bits per heavy atom. The van der Waals surface area contributed by atoms with Crippen LogP contribution in [0.2, 0.25) is 0 Å². The van der Waals surface area contributed by atoms with Crippen molar-refractivity contribution >= 4 is 11.7 Å². The monoisotopic (exact) mass is 283 g/mol. The number of carbonyl (C=O) groups excluding carboxylic acids is 1. The average molecular weight is 283 g/mol. The zero-order valence-corrected chi connectivity index (χ0v) is 12.5. The second kappa shape index (κ2) is 7.43. The van der Waals surface area contributed by atoms with Crippen LogP contribution in [0.5, 0.6) is 0 Å². The Labute approximate surface area is 125 Å². The molecule has 0 saturated heterocycles. The molecule has 110 valence electrons. The molecule has 0 spiro atoms. The van der Waals surface area contributed by atoms with Crippen LogP contribution in [0.15, 0.2) is 48.7 Å². The minimum atomic E-state index is -0.0898. The van der Waals surface area contributed by atoms with Crippen LogP contribution in [0, 0.1) is 0 Å². The molecule has 1 aromatic heterocycles. The summed E-state index contributed by atoms with van der Waals surface area (Å²) in [4.78, 5) is 16.4. The molecule has 1 aromatic carbocycles. The second-order valence-corrected chi connectivity index (χ2v) is 5.05. The van der Waals surface area contributed by atoms with Gasteiger partial charge in [0.2, 0.25) is 0 Å². The number of hydrogen-bond donors (Lipinski definition) is 2. The third-order valence-electron chi connectivity index (χ3n) is 3.38. The van der Waals surface area contributed by atoms with E-state index >= 15 is 0 Å². The number of rotatable bonds is 6. The van der Waals surface area contributed by atoms with Gasteiger partial charge in [-0.15, -0.1) is 0 Å². The summed E-state index contributed by atoms with van der Waals surface area (Å²) >= 11 is 0. The fourth-order valence-electron chi connectivity index (χ4n) is 2.19. The summed E-state index contributed by atoms with van der Waals surface area (Å²) in [6.45, 7) is 2.02. The zero-order valence-electron chi connectivity index (χ0n) is 12.5. The van der Waals surface area contributed by atoms with Gasteiger partial charge in [0.1, 0.15) is 5.82 Å². The Morgan fingerprint density at radius 1 is 1.19 bits per heavy atom. The maximum absolute atomic E-state index is 12.3. The number of benzene rings is 1. The van der Waals surface area contributed by atoms with E-state index in [1.165, 1.54) is 5.56 Å². The summed E-state index contributed by atoms with van der Waals surface area (Å²) in [7, 11) is 1.76. The van der Waals surface area contributed by atoms with Gasteiger partial charge >= 0.3 is 0 Å². The summed E-state index contributed by atoms with van der Waals surface area (Å²) < 4.78 is 0. The summed E-state index contributed by atoms with van der Waals surface area (Å²) in [6.07, 6.45) is 3.53. The Bertz CT molecular complexity index is 584. The van der Waals surface area contributed by atoms with Gasteiger partial charge < -0.3 is 10.6 Å². The van der Waals surface area contributed by atoms with E-state index in [1.807, 2.05) is 25.1 Å². The van der Waals surface area contributed by atoms with Gasteiger partial charge in [-0.1, -0.05) is 30.3 Å². The number of nitrogens with zero attached hydrogens (tertiary/aromatic N) is 1. The van der Waals surface area contributed by atoms with Crippen LogP contribution in [0.4, 0.5) is 5.82 Å². The third kappa shape index (κ3) is 4.31. The number of carbonyl (C=O) groups is 1. The van der Waals surface area contributed by atoms with Crippen molar-refractivity contribution in [3.8, 4) is 0 Å². The van der Waals surface area contributed by atoms with Crippen LogP contribution in [-0.2, 0) is 6.42 Å². The Hall–Kier alpha value is -2.36. The average Bonchev–Trinajstić information content (AvgIpc) is 2.53. The summed E-state index contributed by atoms with van der Waals surface area (Å²) in [5, 5.41) is 5.96. The molecule has 0 aliphatic heterocycles. The molecule has 0 bridgehead atoms. The van der Waals surface area contributed by atoms with E-state index in [-0.39, 0.29) is 11.9 Å². The first-order chi connectivity index (χ1) is 10.2. The van der Waals surface area contributed by atoms with Crippen molar-refractivity contribution in [2.24, 2.45) is 0 Å². The minimum absolute atomic E-state index is 0.0898. The molecule has 2 N–H and O–H groups in total. The van der Waals surface area contributed by atoms with E-state index in [9.17, 15) is 4.79 Å². The number of aryl methyl sites for hydroxylation is 1. The lowest BCUT2D eigenvalue weighted by Gasteiger charge is -2.15. The van der Waals surface area contributed by atoms with Gasteiger partial charge in [-0.3, -0.25) is 4.79 Å². The van der Waals surface area contributed by atoms with E-state index < -0.39 is 0 Å². The standard InChI is InChI=1S/C17H21N3O/c1-13(10-11-14-7-4-3-5-8-14)20-17(21)15-9-6-12-19-16(15)18-2/h3-9,12-13H,10-11H2,1-2H3,(H,18,19)(H,20,21). The van der Waals surface area contributed by atoms with Crippen LogP contribution in [-0.4, -0.2) is 24.0 Å². The normalized spacial score (nSPS) is 11.7. The zero-order chi connectivity index (χ0) is 15.1. The van der Waals surface area contributed by atoms with Crippen LogP contribution in [0.1, 0.15) is 29.3 Å². The van der Waals surface area contributed by atoms with Crippen LogP contribution < -0.4 is 10.6 Å². The fourth-order valence-corrected chi connectivity index (χ4v) is 2.19. The number of nitrogens with one attached hydrogen (secondary N) is 2. The Balaban J connectivity index is 1.90. The van der Waals surface area contributed by atoms with Crippen molar-refractivity contribution in [2.75, 3.05) is 12.4 Å². The molecule has 0 aliphatic carbocycles. The molecule has 0 fully saturated rings. The highest BCUT2D eigenvalue weighted by molar-refractivity contribution is 5.98. The number of hydrogen-bond acceptors (Lipinski definition) is 3. The highest BCUT2D eigenvalue weighted by Gasteiger charge is 2.13. The second-order valence-electron chi connectivity index (χ2n) is 5.05. The SMILES string of the molecule is CNc1ncccc1C(=O)NC(C)CCc1ccccc1. The lowest BCUT2D eigenvalue weighted by Crippen LogP contribution is -2.33. The van der Waals surface area contributed by atoms with E-state index in [1.54, 1.807) is 25.4 Å². The molecule has 2 aromatic rings. The largest absolute Gasteiger partial charge is 0.372 e. The van der Waals surface area contributed by atoms with Gasteiger partial charge in [0, 0.05) is 19.3 Å². The minimum Gasteiger partial charge on any atom is -0.372 e. The smallest absolute Gasteiger partial charge is 0.255 e. The first-order valence-corrected chi connectivity index (χ1v) is 7.18. The topological polar surface area (TPSA) is 54.0 Å².